The molecule has 0 unspecified atom stereocenters. The number of benzene rings is 3. The molecule has 0 radical (unpaired) electrons. The van der Waals surface area contributed by atoms with Crippen molar-refractivity contribution in [2.75, 3.05) is 6.54 Å². The van der Waals surface area contributed by atoms with Gasteiger partial charge in [0.25, 0.3) is 0 Å². The smallest absolute Gasteiger partial charge is 0.106 e. The summed E-state index contributed by atoms with van der Waals surface area (Å²) in [4.78, 5) is 0.775. The molecule has 0 amide bonds. The highest BCUT2D eigenvalue weighted by Gasteiger charge is 2.29. The van der Waals surface area contributed by atoms with Gasteiger partial charge in [0.15, 0.2) is 0 Å². The summed E-state index contributed by atoms with van der Waals surface area (Å²) in [5.41, 5.74) is 3.43. The second-order valence-electron chi connectivity index (χ2n) is 5.96. The van der Waals surface area contributed by atoms with Crippen molar-refractivity contribution in [3.63, 3.8) is 0 Å². The minimum atomic E-state index is -0.359. The van der Waals surface area contributed by atoms with Gasteiger partial charge in [0.1, 0.15) is 4.99 Å². The van der Waals surface area contributed by atoms with Crippen LogP contribution >= 0.6 is 24.8 Å². The lowest BCUT2D eigenvalue weighted by Gasteiger charge is -2.30. The number of hydrogen-bond acceptors (Lipinski definition) is 2. The number of nitrogens with one attached hydrogen (secondary N) is 1. The van der Waals surface area contributed by atoms with Crippen LogP contribution in [0.15, 0.2) is 91.0 Å². The highest BCUT2D eigenvalue weighted by Crippen LogP contribution is 2.39. The Morgan fingerprint density at radius 2 is 1.20 bits per heavy atom. The highest BCUT2D eigenvalue weighted by atomic mass is 32.1. The average Bonchev–Trinajstić information content (AvgIpc) is 2.70. The zero-order chi connectivity index (χ0) is 17.5. The molecule has 3 heteroatoms. The van der Waals surface area contributed by atoms with Gasteiger partial charge in [-0.1, -0.05) is 103 Å². The van der Waals surface area contributed by atoms with Gasteiger partial charge in [0.05, 0.1) is 4.75 Å². The molecule has 0 saturated carbocycles. The predicted molar refractivity (Wildman–Crippen MR) is 113 cm³/mol. The molecule has 0 aliphatic carbocycles. The first kappa shape index (κ1) is 17.7. The Morgan fingerprint density at radius 1 is 0.760 bits per heavy atom. The molecule has 3 rings (SSSR count). The van der Waals surface area contributed by atoms with E-state index in [0.29, 0.717) is 0 Å². The first-order valence-electron chi connectivity index (χ1n) is 8.37. The van der Waals surface area contributed by atoms with Gasteiger partial charge in [0, 0.05) is 12.1 Å². The molecule has 0 heterocycles. The van der Waals surface area contributed by atoms with Crippen LogP contribution in [0.5, 0.6) is 0 Å². The molecule has 25 heavy (non-hydrogen) atoms. The number of hydrogen-bond donors (Lipinski definition) is 2. The molecule has 0 atom stereocenters. The van der Waals surface area contributed by atoms with Crippen molar-refractivity contribution in [1.29, 1.82) is 0 Å². The van der Waals surface area contributed by atoms with E-state index in [1.165, 1.54) is 11.1 Å². The van der Waals surface area contributed by atoms with E-state index in [1.807, 2.05) is 42.5 Å². The van der Waals surface area contributed by atoms with E-state index in [0.717, 1.165) is 23.5 Å². The minimum Gasteiger partial charge on any atom is -0.376 e. The summed E-state index contributed by atoms with van der Waals surface area (Å²) in [7, 11) is 0. The van der Waals surface area contributed by atoms with E-state index in [4.69, 9.17) is 24.8 Å². The number of rotatable bonds is 6. The highest BCUT2D eigenvalue weighted by molar-refractivity contribution is 7.81. The molecule has 0 spiro atoms. The number of thiocarbonyl (C=S) groups is 1. The second-order valence-corrected chi connectivity index (χ2v) is 7.14. The van der Waals surface area contributed by atoms with Gasteiger partial charge in [-0.3, -0.25) is 0 Å². The maximum Gasteiger partial charge on any atom is 0.106 e. The van der Waals surface area contributed by atoms with Crippen molar-refractivity contribution in [3.8, 4) is 0 Å². The molecule has 0 aliphatic rings. The molecule has 0 aromatic heterocycles. The van der Waals surface area contributed by atoms with E-state index in [-0.39, 0.29) is 4.75 Å². The fourth-order valence-corrected chi connectivity index (χ4v) is 3.58. The third-order valence-electron chi connectivity index (χ3n) is 4.31. The van der Waals surface area contributed by atoms with E-state index in [1.54, 1.807) is 0 Å². The van der Waals surface area contributed by atoms with Crippen LogP contribution in [0.2, 0.25) is 0 Å². The van der Waals surface area contributed by atoms with Crippen molar-refractivity contribution in [2.45, 2.75) is 11.2 Å². The zero-order valence-electron chi connectivity index (χ0n) is 13.9. The van der Waals surface area contributed by atoms with Crippen molar-refractivity contribution in [2.24, 2.45) is 0 Å². The first-order chi connectivity index (χ1) is 12.2. The van der Waals surface area contributed by atoms with Gasteiger partial charge in [-0.05, 0) is 17.5 Å². The average molecular weight is 364 g/mol. The lowest BCUT2D eigenvalue weighted by molar-refractivity contribution is 0.650. The third kappa shape index (κ3) is 4.30. The van der Waals surface area contributed by atoms with E-state index in [2.05, 4.69) is 53.8 Å². The quantitative estimate of drug-likeness (QED) is 0.460. The van der Waals surface area contributed by atoms with E-state index in [9.17, 15) is 0 Å². The second kappa shape index (κ2) is 8.32. The molecule has 3 aromatic rings. The standard InChI is InChI=1S/C22H21NS2/c24-21(18-10-4-1-5-11-18)23-17-16-22(25,19-12-6-2-7-13-19)20-14-8-3-9-15-20/h1-15,25H,16-17H2,(H,23,24). The van der Waals surface area contributed by atoms with Crippen LogP contribution in [0.1, 0.15) is 23.1 Å². The van der Waals surface area contributed by atoms with Crippen LogP contribution in [-0.2, 0) is 4.75 Å². The van der Waals surface area contributed by atoms with Crippen LogP contribution < -0.4 is 5.32 Å². The monoisotopic (exact) mass is 363 g/mol. The summed E-state index contributed by atoms with van der Waals surface area (Å²) in [5, 5.41) is 3.38. The maximum atomic E-state index is 5.51. The Balaban J connectivity index is 1.76. The Morgan fingerprint density at radius 3 is 1.68 bits per heavy atom. The van der Waals surface area contributed by atoms with Crippen LogP contribution in [0, 0.1) is 0 Å². The van der Waals surface area contributed by atoms with Crippen LogP contribution in [0.25, 0.3) is 0 Å². The third-order valence-corrected chi connectivity index (χ3v) is 5.43. The maximum absolute atomic E-state index is 5.51. The van der Waals surface area contributed by atoms with Gasteiger partial charge < -0.3 is 5.32 Å². The molecule has 0 fully saturated rings. The van der Waals surface area contributed by atoms with Gasteiger partial charge in [-0.15, -0.1) is 0 Å². The molecule has 0 saturated heterocycles. The van der Waals surface area contributed by atoms with Gasteiger partial charge in [-0.2, -0.15) is 12.6 Å². The topological polar surface area (TPSA) is 12.0 Å². The molecule has 3 aromatic carbocycles. The minimum absolute atomic E-state index is 0.359. The molecule has 0 aliphatic heterocycles. The van der Waals surface area contributed by atoms with Crippen molar-refractivity contribution in [1.82, 2.24) is 5.32 Å². The van der Waals surface area contributed by atoms with Crippen molar-refractivity contribution < 1.29 is 0 Å². The summed E-state index contributed by atoms with van der Waals surface area (Å²) in [6.45, 7) is 0.751. The summed E-state index contributed by atoms with van der Waals surface area (Å²) in [6, 6.07) is 30.9. The first-order valence-corrected chi connectivity index (χ1v) is 9.22. The van der Waals surface area contributed by atoms with Gasteiger partial charge in [0.2, 0.25) is 0 Å². The molecule has 1 N–H and O–H groups in total. The Hall–Kier alpha value is -2.10. The summed E-state index contributed by atoms with van der Waals surface area (Å²) in [6.07, 6.45) is 0.830. The molecule has 1 nitrogen and oxygen atoms in total. The van der Waals surface area contributed by atoms with E-state index >= 15 is 0 Å². The lowest BCUT2D eigenvalue weighted by Crippen LogP contribution is -2.30. The SMILES string of the molecule is S=C(NCCC(S)(c1ccccc1)c1ccccc1)c1ccccc1. The van der Waals surface area contributed by atoms with Crippen molar-refractivity contribution in [3.05, 3.63) is 108 Å². The Bertz CT molecular complexity index is 762. The normalized spacial score (nSPS) is 11.1. The molecular formula is C22H21NS2. The van der Waals surface area contributed by atoms with Gasteiger partial charge in [-0.25, -0.2) is 0 Å². The fourth-order valence-electron chi connectivity index (χ4n) is 2.93. The van der Waals surface area contributed by atoms with Crippen molar-refractivity contribution >= 4 is 29.8 Å². The van der Waals surface area contributed by atoms with Crippen LogP contribution in [0.3, 0.4) is 0 Å². The Labute approximate surface area is 160 Å². The summed E-state index contributed by atoms with van der Waals surface area (Å²) in [5.74, 6) is 0. The van der Waals surface area contributed by atoms with Crippen LogP contribution in [-0.4, -0.2) is 11.5 Å². The lowest BCUT2D eigenvalue weighted by atomic mass is 9.87. The molecular weight excluding hydrogens is 342 g/mol. The Kier molecular flexibility index (Phi) is 5.90. The largest absolute Gasteiger partial charge is 0.376 e. The predicted octanol–water partition coefficient (Wildman–Crippen LogP) is 5.22. The van der Waals surface area contributed by atoms with E-state index < -0.39 is 0 Å². The number of thiol groups is 1. The fraction of sp³-hybridized carbons (Fsp3) is 0.136. The summed E-state index contributed by atoms with van der Waals surface area (Å²) < 4.78 is -0.359. The van der Waals surface area contributed by atoms with Gasteiger partial charge >= 0.3 is 0 Å². The zero-order valence-corrected chi connectivity index (χ0v) is 15.6. The molecule has 0 bridgehead atoms. The summed E-state index contributed by atoms with van der Waals surface area (Å²) >= 11 is 10.6. The molecule has 126 valence electrons. The van der Waals surface area contributed by atoms with Crippen LogP contribution in [0.4, 0.5) is 0 Å².